The molecule has 0 atom stereocenters. The maximum Gasteiger partial charge on any atom is 0.330 e. The van der Waals surface area contributed by atoms with Crippen LogP contribution in [0.1, 0.15) is 52.4 Å². The standard InChI is InChI=1S/C15H24O5/c1-4-14(17)19-11-7-5-6-8-13(16)9-10-15(18)20-12(2)3/h4,12H,1,5-11H2,2-3H3. The summed E-state index contributed by atoms with van der Waals surface area (Å²) >= 11 is 0. The van der Waals surface area contributed by atoms with Crippen molar-refractivity contribution in [2.45, 2.75) is 58.5 Å². The number of Topliss-reactive ketones (excluding diaryl/α,β-unsaturated/α-hetero) is 1. The van der Waals surface area contributed by atoms with Gasteiger partial charge in [-0.05, 0) is 33.1 Å². The molecule has 0 fully saturated rings. The lowest BCUT2D eigenvalue weighted by Gasteiger charge is -2.07. The molecular formula is C15H24O5. The lowest BCUT2D eigenvalue weighted by Crippen LogP contribution is -2.12. The summed E-state index contributed by atoms with van der Waals surface area (Å²) in [5, 5.41) is 0. The lowest BCUT2D eigenvalue weighted by molar-refractivity contribution is -0.148. The molecule has 0 saturated heterocycles. The summed E-state index contributed by atoms with van der Waals surface area (Å²) in [5.74, 6) is -0.691. The van der Waals surface area contributed by atoms with Crippen LogP contribution in [0.4, 0.5) is 0 Å². The van der Waals surface area contributed by atoms with Gasteiger partial charge in [0, 0.05) is 18.9 Å². The predicted octanol–water partition coefficient (Wildman–Crippen LogP) is 2.58. The number of esters is 2. The minimum atomic E-state index is -0.426. The fraction of sp³-hybridized carbons (Fsp3) is 0.667. The van der Waals surface area contributed by atoms with E-state index in [1.165, 1.54) is 0 Å². The van der Waals surface area contributed by atoms with E-state index < -0.39 is 5.97 Å². The van der Waals surface area contributed by atoms with Gasteiger partial charge >= 0.3 is 11.9 Å². The van der Waals surface area contributed by atoms with E-state index in [1.54, 1.807) is 13.8 Å². The summed E-state index contributed by atoms with van der Waals surface area (Å²) in [4.78, 5) is 33.5. The monoisotopic (exact) mass is 284 g/mol. The van der Waals surface area contributed by atoms with Crippen LogP contribution in [-0.4, -0.2) is 30.4 Å². The van der Waals surface area contributed by atoms with Crippen LogP contribution in [0.15, 0.2) is 12.7 Å². The van der Waals surface area contributed by atoms with Gasteiger partial charge in [0.05, 0.1) is 19.1 Å². The van der Waals surface area contributed by atoms with Crippen molar-refractivity contribution in [1.29, 1.82) is 0 Å². The molecule has 0 bridgehead atoms. The van der Waals surface area contributed by atoms with Gasteiger partial charge in [-0.3, -0.25) is 9.59 Å². The smallest absolute Gasteiger partial charge is 0.330 e. The van der Waals surface area contributed by atoms with Crippen molar-refractivity contribution in [3.8, 4) is 0 Å². The first kappa shape index (κ1) is 18.4. The van der Waals surface area contributed by atoms with Gasteiger partial charge in [-0.25, -0.2) is 4.79 Å². The van der Waals surface area contributed by atoms with E-state index >= 15 is 0 Å². The van der Waals surface area contributed by atoms with Gasteiger partial charge in [0.2, 0.25) is 0 Å². The van der Waals surface area contributed by atoms with Crippen LogP contribution in [0.25, 0.3) is 0 Å². The van der Waals surface area contributed by atoms with Crippen molar-refractivity contribution in [2.75, 3.05) is 6.61 Å². The number of ether oxygens (including phenoxy) is 2. The zero-order valence-electron chi connectivity index (χ0n) is 12.4. The van der Waals surface area contributed by atoms with Gasteiger partial charge in [-0.1, -0.05) is 6.58 Å². The Kier molecular flexibility index (Phi) is 10.3. The van der Waals surface area contributed by atoms with Crippen LogP contribution in [0.3, 0.4) is 0 Å². The Labute approximate surface area is 120 Å². The van der Waals surface area contributed by atoms with Crippen molar-refractivity contribution in [3.05, 3.63) is 12.7 Å². The second-order valence-corrected chi connectivity index (χ2v) is 4.76. The molecule has 114 valence electrons. The quantitative estimate of drug-likeness (QED) is 0.331. The Morgan fingerprint density at radius 2 is 1.75 bits per heavy atom. The van der Waals surface area contributed by atoms with Crippen LogP contribution in [0.5, 0.6) is 0 Å². The molecule has 0 rings (SSSR count). The number of unbranched alkanes of at least 4 members (excludes halogenated alkanes) is 2. The van der Waals surface area contributed by atoms with Gasteiger partial charge in [0.15, 0.2) is 0 Å². The third-order valence-corrected chi connectivity index (χ3v) is 2.49. The maximum atomic E-state index is 11.5. The van der Waals surface area contributed by atoms with E-state index in [1.807, 2.05) is 0 Å². The van der Waals surface area contributed by atoms with Gasteiger partial charge in [0.25, 0.3) is 0 Å². The van der Waals surface area contributed by atoms with E-state index in [2.05, 4.69) is 6.58 Å². The molecule has 0 unspecified atom stereocenters. The molecule has 5 heteroatoms. The summed E-state index contributed by atoms with van der Waals surface area (Å²) in [7, 11) is 0. The molecule has 0 heterocycles. The summed E-state index contributed by atoms with van der Waals surface area (Å²) in [6.45, 7) is 7.19. The van der Waals surface area contributed by atoms with Crippen molar-refractivity contribution in [2.24, 2.45) is 0 Å². The molecule has 0 amide bonds. The second kappa shape index (κ2) is 11.2. The average Bonchev–Trinajstić information content (AvgIpc) is 2.39. The van der Waals surface area contributed by atoms with Crippen molar-refractivity contribution >= 4 is 17.7 Å². The highest BCUT2D eigenvalue weighted by Gasteiger charge is 2.09. The van der Waals surface area contributed by atoms with E-state index in [9.17, 15) is 14.4 Å². The first-order valence-corrected chi connectivity index (χ1v) is 6.96. The molecule has 0 saturated carbocycles. The van der Waals surface area contributed by atoms with Gasteiger partial charge in [-0.15, -0.1) is 0 Å². The molecular weight excluding hydrogens is 260 g/mol. The normalized spacial score (nSPS) is 10.2. The van der Waals surface area contributed by atoms with E-state index in [4.69, 9.17) is 9.47 Å². The molecule has 0 N–H and O–H groups in total. The van der Waals surface area contributed by atoms with Crippen LogP contribution in [-0.2, 0) is 23.9 Å². The average molecular weight is 284 g/mol. The minimum Gasteiger partial charge on any atom is -0.463 e. The number of rotatable bonds is 11. The summed E-state index contributed by atoms with van der Waals surface area (Å²) in [5.41, 5.74) is 0. The second-order valence-electron chi connectivity index (χ2n) is 4.76. The first-order valence-electron chi connectivity index (χ1n) is 6.96. The zero-order valence-corrected chi connectivity index (χ0v) is 12.4. The fourth-order valence-corrected chi connectivity index (χ4v) is 1.52. The van der Waals surface area contributed by atoms with Crippen LogP contribution in [0.2, 0.25) is 0 Å². The topological polar surface area (TPSA) is 69.7 Å². The van der Waals surface area contributed by atoms with E-state index in [0.29, 0.717) is 13.0 Å². The Bertz CT molecular complexity index is 333. The highest BCUT2D eigenvalue weighted by molar-refractivity contribution is 5.83. The molecule has 0 aliphatic heterocycles. The summed E-state index contributed by atoms with van der Waals surface area (Å²) < 4.78 is 9.75. The van der Waals surface area contributed by atoms with Gasteiger partial charge in [0.1, 0.15) is 5.78 Å². The number of carbonyl (C=O) groups is 3. The molecule has 0 radical (unpaired) electrons. The Morgan fingerprint density at radius 3 is 2.35 bits per heavy atom. The van der Waals surface area contributed by atoms with Crippen LogP contribution >= 0.6 is 0 Å². The zero-order chi connectivity index (χ0) is 15.4. The number of carbonyl (C=O) groups excluding carboxylic acids is 3. The number of ketones is 1. The van der Waals surface area contributed by atoms with E-state index in [-0.39, 0.29) is 30.7 Å². The minimum absolute atomic E-state index is 0.0637. The fourth-order valence-electron chi connectivity index (χ4n) is 1.52. The molecule has 20 heavy (non-hydrogen) atoms. The molecule has 0 spiro atoms. The van der Waals surface area contributed by atoms with Crippen molar-refractivity contribution in [3.63, 3.8) is 0 Å². The van der Waals surface area contributed by atoms with Crippen LogP contribution in [0, 0.1) is 0 Å². The van der Waals surface area contributed by atoms with E-state index in [0.717, 1.165) is 25.3 Å². The Balaban J connectivity index is 3.47. The Morgan fingerprint density at radius 1 is 1.05 bits per heavy atom. The third-order valence-electron chi connectivity index (χ3n) is 2.49. The molecule has 0 aliphatic rings. The first-order chi connectivity index (χ1) is 9.45. The molecule has 0 aromatic heterocycles. The Hall–Kier alpha value is -1.65. The highest BCUT2D eigenvalue weighted by atomic mass is 16.5. The lowest BCUT2D eigenvalue weighted by atomic mass is 10.1. The third kappa shape index (κ3) is 11.4. The molecule has 5 nitrogen and oxygen atoms in total. The maximum absolute atomic E-state index is 11.5. The predicted molar refractivity (Wildman–Crippen MR) is 75.1 cm³/mol. The van der Waals surface area contributed by atoms with Gasteiger partial charge in [-0.2, -0.15) is 0 Å². The number of hydrogen-bond donors (Lipinski definition) is 0. The SMILES string of the molecule is C=CC(=O)OCCCCCC(=O)CCC(=O)OC(C)C. The van der Waals surface area contributed by atoms with Gasteiger partial charge < -0.3 is 9.47 Å². The summed E-state index contributed by atoms with van der Waals surface area (Å²) in [6, 6.07) is 0. The molecule has 0 aliphatic carbocycles. The largest absolute Gasteiger partial charge is 0.463 e. The number of hydrogen-bond acceptors (Lipinski definition) is 5. The molecule has 0 aromatic carbocycles. The van der Waals surface area contributed by atoms with Crippen LogP contribution < -0.4 is 0 Å². The highest BCUT2D eigenvalue weighted by Crippen LogP contribution is 2.06. The van der Waals surface area contributed by atoms with Crippen molar-refractivity contribution in [1.82, 2.24) is 0 Å². The summed E-state index contributed by atoms with van der Waals surface area (Å²) in [6.07, 6.45) is 4.09. The molecule has 0 aromatic rings. The van der Waals surface area contributed by atoms with Crippen molar-refractivity contribution < 1.29 is 23.9 Å².